The van der Waals surface area contributed by atoms with Crippen molar-refractivity contribution >= 4 is 53.8 Å². The third-order valence-corrected chi connectivity index (χ3v) is 4.48. The van der Waals surface area contributed by atoms with Crippen LogP contribution in [0.3, 0.4) is 0 Å². The second-order valence-electron chi connectivity index (χ2n) is 2.13. The van der Waals surface area contributed by atoms with Crippen LogP contribution in [0, 0.1) is 0 Å². The fraction of sp³-hybridized carbons (Fsp3) is 0.333. The average molecular weight is 377 g/mol. The van der Waals surface area contributed by atoms with Crippen LogP contribution in [0.4, 0.5) is 0 Å². The Morgan fingerprint density at radius 1 is 1.54 bits per heavy atom. The molecule has 0 saturated heterocycles. The Hall–Kier alpha value is 0.120. The van der Waals surface area contributed by atoms with Crippen LogP contribution in [0.2, 0.25) is 0 Å². The quantitative estimate of drug-likeness (QED) is 0.744. The number of hydrogen-bond donors (Lipinski definition) is 0. The minimum absolute atomic E-state index is 0.0846. The molecule has 1 heterocycles. The fourth-order valence-corrected chi connectivity index (χ4v) is 2.01. The number of nitrogens with zero attached hydrogens (tertiary/aromatic N) is 2. The van der Waals surface area contributed by atoms with Crippen LogP contribution in [0.15, 0.2) is 13.7 Å². The summed E-state index contributed by atoms with van der Waals surface area (Å²) in [6.45, 7) is 0.0846. The number of aromatic nitrogens is 2. The maximum absolute atomic E-state index is 10.9. The van der Waals surface area contributed by atoms with E-state index in [0.29, 0.717) is 9.21 Å². The molecular weight excluding hydrogens is 372 g/mol. The Kier molecular flexibility index (Phi) is 3.93. The van der Waals surface area contributed by atoms with E-state index in [1.54, 1.807) is 0 Å². The van der Waals surface area contributed by atoms with Gasteiger partial charge in [-0.25, -0.2) is 4.68 Å². The molecule has 4 nitrogen and oxygen atoms in total. The minimum atomic E-state index is -0.344. The van der Waals surface area contributed by atoms with Crippen molar-refractivity contribution in [3.05, 3.63) is 13.7 Å². The Morgan fingerprint density at radius 2 is 2.15 bits per heavy atom. The maximum atomic E-state index is 10.9. The summed E-state index contributed by atoms with van der Waals surface area (Å²) in [5.74, 6) is -0.344. The highest BCUT2D eigenvalue weighted by molar-refractivity contribution is 9.14. The molecule has 0 amide bonds. The molecule has 0 fully saturated rings. The number of esters is 1. The van der Waals surface area contributed by atoms with Crippen LogP contribution in [-0.4, -0.2) is 22.9 Å². The van der Waals surface area contributed by atoms with Crippen molar-refractivity contribution in [2.24, 2.45) is 0 Å². The van der Waals surface area contributed by atoms with Gasteiger partial charge in [0.2, 0.25) is 0 Å². The summed E-state index contributed by atoms with van der Waals surface area (Å²) in [6, 6.07) is 0. The van der Waals surface area contributed by atoms with Gasteiger partial charge in [-0.05, 0) is 47.8 Å². The molecule has 0 aliphatic heterocycles. The molecule has 0 saturated carbocycles. The molecule has 7 heteroatoms. The highest BCUT2D eigenvalue weighted by Crippen LogP contribution is 2.30. The molecule has 13 heavy (non-hydrogen) atoms. The van der Waals surface area contributed by atoms with Crippen molar-refractivity contribution in [1.82, 2.24) is 9.78 Å². The third kappa shape index (κ3) is 2.54. The van der Waals surface area contributed by atoms with Gasteiger partial charge in [0.15, 0.2) is 0 Å². The number of methoxy groups -OCH3 is 1. The maximum Gasteiger partial charge on any atom is 0.327 e. The second kappa shape index (κ2) is 4.56. The second-order valence-corrected chi connectivity index (χ2v) is 4.42. The highest BCUT2D eigenvalue weighted by Gasteiger charge is 2.13. The number of halogens is 3. The molecule has 0 atom stereocenters. The lowest BCUT2D eigenvalue weighted by molar-refractivity contribution is -0.141. The van der Waals surface area contributed by atoms with E-state index < -0.39 is 0 Å². The molecule has 0 radical (unpaired) electrons. The van der Waals surface area contributed by atoms with Crippen molar-refractivity contribution in [3.63, 3.8) is 0 Å². The van der Waals surface area contributed by atoms with E-state index in [4.69, 9.17) is 0 Å². The molecular formula is C6H5Br3N2O2. The van der Waals surface area contributed by atoms with Crippen LogP contribution >= 0.6 is 47.8 Å². The molecule has 0 aliphatic carbocycles. The fourth-order valence-electron chi connectivity index (χ4n) is 0.684. The van der Waals surface area contributed by atoms with Crippen LogP contribution in [0.25, 0.3) is 0 Å². The molecule has 0 N–H and O–H groups in total. The molecule has 1 rings (SSSR count). The number of carbonyl (C=O) groups is 1. The van der Waals surface area contributed by atoms with Gasteiger partial charge in [0.05, 0.1) is 11.6 Å². The lowest BCUT2D eigenvalue weighted by Crippen LogP contribution is -2.12. The molecule has 0 spiro atoms. The third-order valence-electron chi connectivity index (χ3n) is 1.30. The monoisotopic (exact) mass is 374 g/mol. The van der Waals surface area contributed by atoms with Gasteiger partial charge < -0.3 is 4.74 Å². The number of carbonyl (C=O) groups excluding carboxylic acids is 1. The van der Waals surface area contributed by atoms with Crippen molar-refractivity contribution in [3.8, 4) is 0 Å². The summed E-state index contributed by atoms with van der Waals surface area (Å²) < 4.78 is 8.11. The summed E-state index contributed by atoms with van der Waals surface area (Å²) in [7, 11) is 1.34. The Labute approximate surface area is 100 Å². The Bertz CT molecular complexity index is 337. The van der Waals surface area contributed by atoms with Crippen LogP contribution in [0.1, 0.15) is 0 Å². The van der Waals surface area contributed by atoms with Crippen molar-refractivity contribution < 1.29 is 9.53 Å². The van der Waals surface area contributed by atoms with E-state index in [1.165, 1.54) is 11.8 Å². The van der Waals surface area contributed by atoms with Crippen molar-refractivity contribution in [1.29, 1.82) is 0 Å². The van der Waals surface area contributed by atoms with Crippen LogP contribution in [0.5, 0.6) is 0 Å². The average Bonchev–Trinajstić information content (AvgIpc) is 2.34. The van der Waals surface area contributed by atoms with Gasteiger partial charge in [0, 0.05) is 0 Å². The largest absolute Gasteiger partial charge is 0.468 e. The first-order valence-electron chi connectivity index (χ1n) is 3.20. The Morgan fingerprint density at radius 3 is 2.54 bits per heavy atom. The van der Waals surface area contributed by atoms with Gasteiger partial charge in [0.25, 0.3) is 0 Å². The predicted octanol–water partition coefficient (Wildman–Crippen LogP) is 2.34. The lowest BCUT2D eigenvalue weighted by Gasteiger charge is -2.00. The Balaban J connectivity index is 2.90. The molecule has 0 aromatic carbocycles. The highest BCUT2D eigenvalue weighted by atomic mass is 79.9. The van der Waals surface area contributed by atoms with E-state index in [-0.39, 0.29) is 12.5 Å². The summed E-state index contributed by atoms with van der Waals surface area (Å²) >= 11 is 9.77. The van der Waals surface area contributed by atoms with E-state index in [1.807, 2.05) is 0 Å². The minimum Gasteiger partial charge on any atom is -0.468 e. The SMILES string of the molecule is COC(=O)Cn1nc(Br)c(Br)c1Br. The molecule has 0 bridgehead atoms. The zero-order chi connectivity index (χ0) is 10.0. The van der Waals surface area contributed by atoms with E-state index in [9.17, 15) is 4.79 Å². The van der Waals surface area contributed by atoms with E-state index >= 15 is 0 Å². The number of rotatable bonds is 2. The van der Waals surface area contributed by atoms with Crippen LogP contribution < -0.4 is 0 Å². The summed E-state index contributed by atoms with van der Waals surface area (Å²) in [5.41, 5.74) is 0. The molecule has 0 aliphatic rings. The first kappa shape index (κ1) is 11.2. The van der Waals surface area contributed by atoms with Gasteiger partial charge in [0.1, 0.15) is 15.8 Å². The van der Waals surface area contributed by atoms with Gasteiger partial charge in [-0.15, -0.1) is 0 Å². The molecule has 0 unspecified atom stereocenters. The first-order chi connectivity index (χ1) is 6.06. The zero-order valence-electron chi connectivity index (χ0n) is 6.55. The smallest absolute Gasteiger partial charge is 0.327 e. The first-order valence-corrected chi connectivity index (χ1v) is 5.58. The van der Waals surface area contributed by atoms with Gasteiger partial charge in [-0.3, -0.25) is 4.79 Å². The predicted molar refractivity (Wildman–Crippen MR) is 57.3 cm³/mol. The van der Waals surface area contributed by atoms with Gasteiger partial charge in [-0.2, -0.15) is 5.10 Å². The summed E-state index contributed by atoms with van der Waals surface area (Å²) in [5, 5.41) is 4.04. The van der Waals surface area contributed by atoms with Gasteiger partial charge in [-0.1, -0.05) is 0 Å². The standard InChI is InChI=1S/C6H5Br3N2O2/c1-13-3(12)2-11-6(9)4(7)5(8)10-11/h2H2,1H3. The van der Waals surface area contributed by atoms with Gasteiger partial charge >= 0.3 is 5.97 Å². The summed E-state index contributed by atoms with van der Waals surface area (Å²) in [6.07, 6.45) is 0. The zero-order valence-corrected chi connectivity index (χ0v) is 11.3. The van der Waals surface area contributed by atoms with E-state index in [0.717, 1.165) is 4.47 Å². The molecule has 72 valence electrons. The number of ether oxygens (including phenoxy) is 1. The summed E-state index contributed by atoms with van der Waals surface area (Å²) in [4.78, 5) is 10.9. The van der Waals surface area contributed by atoms with Crippen molar-refractivity contribution in [2.75, 3.05) is 7.11 Å². The van der Waals surface area contributed by atoms with E-state index in [2.05, 4.69) is 57.6 Å². The van der Waals surface area contributed by atoms with Crippen LogP contribution in [-0.2, 0) is 16.1 Å². The normalized spacial score (nSPS) is 10.2. The molecule has 1 aromatic heterocycles. The molecule has 1 aromatic rings. The van der Waals surface area contributed by atoms with Crippen molar-refractivity contribution in [2.45, 2.75) is 6.54 Å². The number of hydrogen-bond acceptors (Lipinski definition) is 3. The lowest BCUT2D eigenvalue weighted by atomic mass is 10.6. The topological polar surface area (TPSA) is 44.1 Å².